The molecule has 3 heteroatoms. The van der Waals surface area contributed by atoms with Gasteiger partial charge in [0.1, 0.15) is 0 Å². The molecule has 0 aromatic heterocycles. The van der Waals surface area contributed by atoms with Gasteiger partial charge < -0.3 is 4.57 Å². The van der Waals surface area contributed by atoms with Crippen molar-refractivity contribution < 1.29 is 4.79 Å². The van der Waals surface area contributed by atoms with E-state index in [0.717, 1.165) is 10.9 Å². The summed E-state index contributed by atoms with van der Waals surface area (Å²) in [5.74, 6) is 3.61. The van der Waals surface area contributed by atoms with Crippen LogP contribution in [0.5, 0.6) is 0 Å². The Morgan fingerprint density at radius 2 is 1.38 bits per heavy atom. The molecule has 0 aliphatic carbocycles. The molecule has 0 bridgehead atoms. The van der Waals surface area contributed by atoms with E-state index < -0.39 is 8.24 Å². The summed E-state index contributed by atoms with van der Waals surface area (Å²) >= 11 is 0. The van der Waals surface area contributed by atoms with E-state index in [4.69, 9.17) is 0 Å². The van der Waals surface area contributed by atoms with Crippen LogP contribution in [0.15, 0.2) is 65.9 Å². The molecule has 1 atom stereocenters. The van der Waals surface area contributed by atoms with Crippen molar-refractivity contribution in [2.24, 2.45) is 10.8 Å². The van der Waals surface area contributed by atoms with Gasteiger partial charge in [-0.15, -0.1) is 5.92 Å². The summed E-state index contributed by atoms with van der Waals surface area (Å²) < 4.78 is 2.01. The van der Waals surface area contributed by atoms with Gasteiger partial charge in [-0.2, -0.15) is 0 Å². The smallest absolute Gasteiger partial charge is 0.313 e. The van der Waals surface area contributed by atoms with E-state index in [1.807, 2.05) is 34.9 Å². The van der Waals surface area contributed by atoms with Gasteiger partial charge in [0.05, 0.1) is 0 Å². The number of allylic oxidation sites excluding steroid dienone is 1. The van der Waals surface area contributed by atoms with Gasteiger partial charge in [-0.25, -0.2) is 0 Å². The van der Waals surface area contributed by atoms with Gasteiger partial charge in [-0.05, 0) is 54.5 Å². The second-order valence-electron chi connectivity index (χ2n) is 11.9. The molecule has 0 saturated carbocycles. The molecule has 32 heavy (non-hydrogen) atoms. The number of anilines is 1. The lowest BCUT2D eigenvalue weighted by Crippen LogP contribution is -2.77. The van der Waals surface area contributed by atoms with E-state index in [0.29, 0.717) is 0 Å². The fourth-order valence-electron chi connectivity index (χ4n) is 3.95. The highest BCUT2D eigenvalue weighted by atomic mass is 28.3. The van der Waals surface area contributed by atoms with Crippen molar-refractivity contribution in [3.05, 3.63) is 71.4 Å². The molecule has 0 spiro atoms. The third-order valence-electron chi connectivity index (χ3n) is 5.54. The van der Waals surface area contributed by atoms with Crippen LogP contribution in [-0.2, 0) is 10.2 Å². The van der Waals surface area contributed by atoms with E-state index in [1.165, 1.54) is 10.8 Å². The number of para-hydroxylation sites is 1. The summed E-state index contributed by atoms with van der Waals surface area (Å²) in [6, 6.07) is 18.9. The maximum atomic E-state index is 13.6. The number of nitrogens with zero attached hydrogens (tertiary/aromatic N) is 1. The summed E-state index contributed by atoms with van der Waals surface area (Å²) in [7, 11) is -2.80. The molecule has 1 aliphatic rings. The number of amides is 1. The highest BCUT2D eigenvalue weighted by Crippen LogP contribution is 2.40. The summed E-state index contributed by atoms with van der Waals surface area (Å²) in [6.45, 7) is 19.5. The van der Waals surface area contributed by atoms with Crippen molar-refractivity contribution in [3.8, 4) is 11.5 Å². The fourth-order valence-corrected chi connectivity index (χ4v) is 8.22. The van der Waals surface area contributed by atoms with E-state index in [9.17, 15) is 4.79 Å². The van der Waals surface area contributed by atoms with Crippen LogP contribution >= 0.6 is 0 Å². The monoisotopic (exact) mass is 443 g/mol. The van der Waals surface area contributed by atoms with E-state index in [2.05, 4.69) is 104 Å². The predicted molar refractivity (Wildman–Crippen MR) is 139 cm³/mol. The predicted octanol–water partition coefficient (Wildman–Crippen LogP) is 6.28. The molecule has 3 rings (SSSR count). The maximum absolute atomic E-state index is 13.6. The minimum Gasteiger partial charge on any atom is -0.317 e. The molecular weight excluding hydrogens is 406 g/mol. The van der Waals surface area contributed by atoms with Crippen molar-refractivity contribution in [1.29, 1.82) is 0 Å². The van der Waals surface area contributed by atoms with Crippen molar-refractivity contribution >= 4 is 25.0 Å². The first-order valence-electron chi connectivity index (χ1n) is 11.4. The SMILES string of the molecule is CC(C)(C)C#C[Si]1(c2ccc(C(C)(C)C)cc2)/C(=C\C(C)(C)C)C(=O)N1c1ccccc1. The van der Waals surface area contributed by atoms with Crippen LogP contribution in [0.3, 0.4) is 0 Å². The van der Waals surface area contributed by atoms with Gasteiger partial charge in [-0.3, -0.25) is 4.79 Å². The molecule has 0 radical (unpaired) electrons. The zero-order chi connectivity index (χ0) is 23.9. The Labute approximate surface area is 195 Å². The largest absolute Gasteiger partial charge is 0.317 e. The van der Waals surface area contributed by atoms with Gasteiger partial charge in [0.2, 0.25) is 5.91 Å². The number of hydrogen-bond donors (Lipinski definition) is 0. The first kappa shape index (κ1) is 24.1. The van der Waals surface area contributed by atoms with Crippen LogP contribution in [-0.4, -0.2) is 14.1 Å². The number of benzene rings is 2. The molecule has 1 unspecified atom stereocenters. The standard InChI is InChI=1S/C29H37NOSi/c1-27(2,3)19-20-32(24-17-15-22(16-18-24)29(7,8)9)25(21-28(4,5)6)26(31)30(32)23-13-11-10-12-14-23/h10-18,21H,1-9H3/b25-21-. The first-order chi connectivity index (χ1) is 14.7. The lowest BCUT2D eigenvalue weighted by molar-refractivity contribution is -0.114. The summed E-state index contributed by atoms with van der Waals surface area (Å²) in [5.41, 5.74) is 5.75. The average Bonchev–Trinajstić information content (AvgIpc) is 2.68. The van der Waals surface area contributed by atoms with E-state index in [1.54, 1.807) is 0 Å². The minimum absolute atomic E-state index is 0.0724. The molecule has 1 aliphatic heterocycles. The lowest BCUT2D eigenvalue weighted by Gasteiger charge is -2.50. The van der Waals surface area contributed by atoms with Gasteiger partial charge in [0.15, 0.2) is 0 Å². The molecule has 0 N–H and O–H groups in total. The van der Waals surface area contributed by atoms with Gasteiger partial charge >= 0.3 is 8.24 Å². The lowest BCUT2D eigenvalue weighted by atomic mass is 9.87. The van der Waals surface area contributed by atoms with Crippen molar-refractivity contribution in [2.45, 2.75) is 67.7 Å². The fraction of sp³-hybridized carbons (Fsp3) is 0.414. The zero-order valence-corrected chi connectivity index (χ0v) is 22.1. The molecule has 2 aromatic carbocycles. The molecular formula is C29H37NOSi. The molecule has 168 valence electrons. The second kappa shape index (κ2) is 8.09. The van der Waals surface area contributed by atoms with Crippen LogP contribution < -0.4 is 9.75 Å². The Bertz CT molecular complexity index is 1080. The molecule has 2 aromatic rings. The van der Waals surface area contributed by atoms with Gasteiger partial charge in [-0.1, -0.05) is 95.6 Å². The van der Waals surface area contributed by atoms with Crippen LogP contribution in [0.25, 0.3) is 0 Å². The summed E-state index contributed by atoms with van der Waals surface area (Å²) in [6.07, 6.45) is 2.16. The quantitative estimate of drug-likeness (QED) is 0.304. The number of carbonyl (C=O) groups is 1. The molecule has 1 saturated heterocycles. The van der Waals surface area contributed by atoms with Crippen molar-refractivity contribution in [3.63, 3.8) is 0 Å². The molecule has 2 nitrogen and oxygen atoms in total. The van der Waals surface area contributed by atoms with E-state index >= 15 is 0 Å². The second-order valence-corrected chi connectivity index (χ2v) is 15.2. The zero-order valence-electron chi connectivity index (χ0n) is 21.1. The number of carbonyl (C=O) groups excluding carboxylic acids is 1. The topological polar surface area (TPSA) is 20.3 Å². The third kappa shape index (κ3) is 4.76. The average molecular weight is 444 g/mol. The van der Waals surface area contributed by atoms with Crippen LogP contribution in [0, 0.1) is 22.3 Å². The van der Waals surface area contributed by atoms with Crippen LogP contribution in [0.1, 0.15) is 67.9 Å². The Morgan fingerprint density at radius 1 is 0.812 bits per heavy atom. The first-order valence-corrected chi connectivity index (χ1v) is 13.4. The number of hydrogen-bond acceptors (Lipinski definition) is 1. The van der Waals surface area contributed by atoms with Crippen molar-refractivity contribution in [1.82, 2.24) is 0 Å². The Hall–Kier alpha value is -2.57. The Kier molecular flexibility index (Phi) is 6.08. The number of rotatable bonds is 2. The van der Waals surface area contributed by atoms with Gasteiger partial charge in [0.25, 0.3) is 0 Å². The maximum Gasteiger partial charge on any atom is 0.313 e. The van der Waals surface area contributed by atoms with Crippen molar-refractivity contribution in [2.75, 3.05) is 4.57 Å². The third-order valence-corrected chi connectivity index (χ3v) is 9.46. The summed E-state index contributed by atoms with van der Waals surface area (Å²) in [4.78, 5) is 13.6. The minimum atomic E-state index is -2.80. The Morgan fingerprint density at radius 3 is 1.84 bits per heavy atom. The highest BCUT2D eigenvalue weighted by molar-refractivity contribution is 7.16. The van der Waals surface area contributed by atoms with E-state index in [-0.39, 0.29) is 22.2 Å². The highest BCUT2D eigenvalue weighted by Gasteiger charge is 2.60. The molecule has 1 heterocycles. The van der Waals surface area contributed by atoms with Crippen LogP contribution in [0.4, 0.5) is 5.69 Å². The van der Waals surface area contributed by atoms with Crippen LogP contribution in [0.2, 0.25) is 0 Å². The van der Waals surface area contributed by atoms with Gasteiger partial charge in [0, 0.05) is 16.3 Å². The molecule has 1 fully saturated rings. The summed E-state index contributed by atoms with van der Waals surface area (Å²) in [5, 5.41) is 2.07. The molecule has 1 amide bonds. The Balaban J connectivity index is 2.33. The normalized spacial score (nSPS) is 20.6.